The lowest BCUT2D eigenvalue weighted by atomic mass is 10.2. The third-order valence-electron chi connectivity index (χ3n) is 2.05. The number of hydrogen-bond acceptors (Lipinski definition) is 3. The Morgan fingerprint density at radius 3 is 2.33 bits per heavy atom. The summed E-state index contributed by atoms with van der Waals surface area (Å²) in [5, 5.41) is 2.19. The molecule has 1 aliphatic heterocycles. The molecule has 64 valence electrons. The van der Waals surface area contributed by atoms with Gasteiger partial charge in [-0.25, -0.2) is 5.01 Å². The van der Waals surface area contributed by atoms with E-state index in [9.17, 15) is 0 Å². The molecule has 3 nitrogen and oxygen atoms in total. The van der Waals surface area contributed by atoms with Crippen LogP contribution in [0.3, 0.4) is 0 Å². The van der Waals surface area contributed by atoms with E-state index in [1.807, 2.05) is 24.3 Å². The summed E-state index contributed by atoms with van der Waals surface area (Å²) in [7, 11) is 0. The highest BCUT2D eigenvalue weighted by atomic mass is 15.5. The molecule has 0 amide bonds. The van der Waals surface area contributed by atoms with Crippen molar-refractivity contribution >= 4 is 11.4 Å². The maximum atomic E-state index is 5.56. The van der Waals surface area contributed by atoms with Crippen LogP contribution in [0.15, 0.2) is 24.3 Å². The minimum Gasteiger partial charge on any atom is -0.399 e. The maximum Gasteiger partial charge on any atom is 0.0491 e. The summed E-state index contributed by atoms with van der Waals surface area (Å²) in [5.74, 6) is 0. The molecule has 0 bridgehead atoms. The Hall–Kier alpha value is -1.22. The second-order valence-corrected chi connectivity index (χ2v) is 3.07. The second kappa shape index (κ2) is 3.03. The van der Waals surface area contributed by atoms with Gasteiger partial charge in [0.25, 0.3) is 0 Å². The number of hydrazine groups is 1. The van der Waals surface area contributed by atoms with Gasteiger partial charge in [-0.2, -0.15) is 0 Å². The average Bonchev–Trinajstić information content (AvgIpc) is 2.00. The monoisotopic (exact) mass is 163 g/mol. The highest BCUT2D eigenvalue weighted by Crippen LogP contribution is 2.14. The molecule has 1 fully saturated rings. The van der Waals surface area contributed by atoms with Crippen LogP contribution in [0.1, 0.15) is 6.42 Å². The van der Waals surface area contributed by atoms with Gasteiger partial charge in [0.2, 0.25) is 0 Å². The van der Waals surface area contributed by atoms with Crippen LogP contribution in [0, 0.1) is 0 Å². The van der Waals surface area contributed by atoms with Gasteiger partial charge in [-0.1, -0.05) is 0 Å². The van der Waals surface area contributed by atoms with Gasteiger partial charge >= 0.3 is 0 Å². The summed E-state index contributed by atoms with van der Waals surface area (Å²) in [6, 6.07) is 7.80. The molecule has 0 unspecified atom stereocenters. The third kappa shape index (κ3) is 1.51. The first-order valence-corrected chi connectivity index (χ1v) is 4.22. The van der Waals surface area contributed by atoms with Gasteiger partial charge < -0.3 is 11.2 Å². The molecule has 1 aliphatic rings. The number of nitrogens with two attached hydrogens (primary N) is 1. The van der Waals surface area contributed by atoms with Crippen molar-refractivity contribution in [3.63, 3.8) is 0 Å². The standard InChI is InChI=1S/C9H13N3/c10-8-2-4-9(5-3-8)11-12-6-1-7-12/h2-5,11H,1,6-7,10H2. The summed E-state index contributed by atoms with van der Waals surface area (Å²) in [4.78, 5) is 0. The quantitative estimate of drug-likeness (QED) is 0.646. The Morgan fingerprint density at radius 2 is 1.83 bits per heavy atom. The summed E-state index contributed by atoms with van der Waals surface area (Å²) >= 11 is 0. The van der Waals surface area contributed by atoms with Crippen molar-refractivity contribution in [1.82, 2.24) is 5.01 Å². The molecule has 0 atom stereocenters. The first kappa shape index (κ1) is 7.43. The van der Waals surface area contributed by atoms with Gasteiger partial charge in [0.15, 0.2) is 0 Å². The minimum absolute atomic E-state index is 0.809. The van der Waals surface area contributed by atoms with Crippen LogP contribution < -0.4 is 11.2 Å². The molecule has 0 spiro atoms. The van der Waals surface area contributed by atoms with Gasteiger partial charge in [0.1, 0.15) is 0 Å². The van der Waals surface area contributed by atoms with Gasteiger partial charge in [0.05, 0.1) is 0 Å². The number of nitrogens with one attached hydrogen (secondary N) is 1. The normalized spacial score (nSPS) is 17.0. The number of anilines is 2. The van der Waals surface area contributed by atoms with Crippen LogP contribution in [0.25, 0.3) is 0 Å². The van der Waals surface area contributed by atoms with E-state index >= 15 is 0 Å². The van der Waals surface area contributed by atoms with E-state index in [0.29, 0.717) is 0 Å². The van der Waals surface area contributed by atoms with Crippen LogP contribution in [0.4, 0.5) is 11.4 Å². The van der Waals surface area contributed by atoms with Gasteiger partial charge in [-0.05, 0) is 30.7 Å². The molecule has 0 aromatic heterocycles. The van der Waals surface area contributed by atoms with Crippen molar-refractivity contribution in [1.29, 1.82) is 0 Å². The molecule has 0 aliphatic carbocycles. The topological polar surface area (TPSA) is 41.3 Å². The van der Waals surface area contributed by atoms with Crippen LogP contribution in [0.2, 0.25) is 0 Å². The van der Waals surface area contributed by atoms with Crippen molar-refractivity contribution in [2.45, 2.75) is 6.42 Å². The van der Waals surface area contributed by atoms with E-state index in [4.69, 9.17) is 5.73 Å². The van der Waals surface area contributed by atoms with Crippen LogP contribution in [0.5, 0.6) is 0 Å². The second-order valence-electron chi connectivity index (χ2n) is 3.07. The van der Waals surface area contributed by atoms with Crippen LogP contribution in [-0.2, 0) is 0 Å². The first-order valence-electron chi connectivity index (χ1n) is 4.22. The van der Waals surface area contributed by atoms with Gasteiger partial charge in [-0.3, -0.25) is 0 Å². The molecule has 3 N–H and O–H groups in total. The Bertz CT molecular complexity index is 251. The van der Waals surface area contributed by atoms with E-state index in [1.54, 1.807) is 0 Å². The molecule has 3 heteroatoms. The molecule has 12 heavy (non-hydrogen) atoms. The summed E-state index contributed by atoms with van der Waals surface area (Å²) in [6.45, 7) is 2.29. The lowest BCUT2D eigenvalue weighted by molar-refractivity contribution is 0.225. The number of nitrogen functional groups attached to an aromatic ring is 1. The largest absolute Gasteiger partial charge is 0.399 e. The molecular weight excluding hydrogens is 150 g/mol. The number of hydrogen-bond donors (Lipinski definition) is 2. The number of benzene rings is 1. The zero-order valence-corrected chi connectivity index (χ0v) is 6.96. The van der Waals surface area contributed by atoms with E-state index in [2.05, 4.69) is 10.4 Å². The van der Waals surface area contributed by atoms with Crippen LogP contribution in [-0.4, -0.2) is 18.1 Å². The number of nitrogens with zero attached hydrogens (tertiary/aromatic N) is 1. The summed E-state index contributed by atoms with van der Waals surface area (Å²) < 4.78 is 0. The maximum absolute atomic E-state index is 5.56. The predicted molar refractivity (Wildman–Crippen MR) is 50.7 cm³/mol. The lowest BCUT2D eigenvalue weighted by Gasteiger charge is -2.31. The van der Waals surface area contributed by atoms with Crippen molar-refractivity contribution in [3.05, 3.63) is 24.3 Å². The van der Waals surface area contributed by atoms with Crippen molar-refractivity contribution < 1.29 is 0 Å². The molecule has 1 heterocycles. The first-order chi connectivity index (χ1) is 5.84. The van der Waals surface area contributed by atoms with Gasteiger partial charge in [0, 0.05) is 24.5 Å². The molecule has 1 aromatic carbocycles. The Balaban J connectivity index is 1.98. The van der Waals surface area contributed by atoms with E-state index in [1.165, 1.54) is 6.42 Å². The van der Waals surface area contributed by atoms with E-state index in [0.717, 1.165) is 24.5 Å². The highest BCUT2D eigenvalue weighted by Gasteiger charge is 2.12. The van der Waals surface area contributed by atoms with E-state index in [-0.39, 0.29) is 0 Å². The predicted octanol–water partition coefficient (Wildman–Crippen LogP) is 1.30. The fourth-order valence-electron chi connectivity index (χ4n) is 1.17. The lowest BCUT2D eigenvalue weighted by Crippen LogP contribution is -2.41. The molecule has 2 rings (SSSR count). The van der Waals surface area contributed by atoms with Crippen LogP contribution >= 0.6 is 0 Å². The SMILES string of the molecule is Nc1ccc(NN2CCC2)cc1. The summed E-state index contributed by atoms with van der Waals surface area (Å²) in [5.41, 5.74) is 10.8. The van der Waals surface area contributed by atoms with Crippen molar-refractivity contribution in [2.24, 2.45) is 0 Å². The zero-order valence-electron chi connectivity index (χ0n) is 6.96. The van der Waals surface area contributed by atoms with Gasteiger partial charge in [-0.15, -0.1) is 0 Å². The fourth-order valence-corrected chi connectivity index (χ4v) is 1.17. The molecule has 1 aromatic rings. The molecule has 0 saturated carbocycles. The molecule has 1 saturated heterocycles. The Morgan fingerprint density at radius 1 is 1.17 bits per heavy atom. The Kier molecular flexibility index (Phi) is 1.87. The van der Waals surface area contributed by atoms with Crippen molar-refractivity contribution in [2.75, 3.05) is 24.2 Å². The third-order valence-corrected chi connectivity index (χ3v) is 2.05. The van der Waals surface area contributed by atoms with Crippen molar-refractivity contribution in [3.8, 4) is 0 Å². The van der Waals surface area contributed by atoms with E-state index < -0.39 is 0 Å². The molecule has 0 radical (unpaired) electrons. The highest BCUT2D eigenvalue weighted by molar-refractivity contribution is 5.50. The molecular formula is C9H13N3. The minimum atomic E-state index is 0.809. The smallest absolute Gasteiger partial charge is 0.0491 e. The number of rotatable bonds is 2. The zero-order chi connectivity index (χ0) is 8.39. The fraction of sp³-hybridized carbons (Fsp3) is 0.333. The Labute approximate surface area is 72.1 Å². The average molecular weight is 163 g/mol. The summed E-state index contributed by atoms with van der Waals surface area (Å²) in [6.07, 6.45) is 1.29.